The van der Waals surface area contributed by atoms with E-state index in [1.807, 2.05) is 0 Å². The van der Waals surface area contributed by atoms with Crippen LogP contribution in [0.3, 0.4) is 0 Å². The fourth-order valence-corrected chi connectivity index (χ4v) is 2.14. The van der Waals surface area contributed by atoms with Crippen LogP contribution in [-0.2, 0) is 0 Å². The van der Waals surface area contributed by atoms with Gasteiger partial charge >= 0.3 is 0 Å². The predicted octanol–water partition coefficient (Wildman–Crippen LogP) is 3.72. The highest BCUT2D eigenvalue weighted by atomic mass is 19.2. The van der Waals surface area contributed by atoms with E-state index in [1.165, 1.54) is 12.1 Å². The average Bonchev–Trinajstić information content (AvgIpc) is 2.48. The predicted molar refractivity (Wildman–Crippen MR) is 70.3 cm³/mol. The molecule has 3 nitrogen and oxygen atoms in total. The number of fused-ring (bicyclic) bond motifs is 1. The standard InChI is InChI=1S/C15H7F4NO2/c1-6-2-3-9-7(4-6)13(21)8(5-22-9)10-11(16)14(18)20-15(19)12(10)17/h2-5H,1H3. The molecule has 22 heavy (non-hydrogen) atoms. The van der Waals surface area contributed by atoms with E-state index in [0.29, 0.717) is 5.56 Å². The van der Waals surface area contributed by atoms with Gasteiger partial charge in [0.1, 0.15) is 11.8 Å². The van der Waals surface area contributed by atoms with E-state index in [2.05, 4.69) is 4.98 Å². The van der Waals surface area contributed by atoms with Crippen molar-refractivity contribution in [2.75, 3.05) is 0 Å². The summed E-state index contributed by atoms with van der Waals surface area (Å²) in [6.45, 7) is 1.71. The molecule has 2 aromatic heterocycles. The minimum absolute atomic E-state index is 0.0499. The Morgan fingerprint density at radius 1 is 1.05 bits per heavy atom. The molecule has 0 spiro atoms. The van der Waals surface area contributed by atoms with Crippen LogP contribution in [0.5, 0.6) is 0 Å². The van der Waals surface area contributed by atoms with E-state index < -0.39 is 40.1 Å². The maximum Gasteiger partial charge on any atom is 0.252 e. The molecule has 0 amide bonds. The van der Waals surface area contributed by atoms with Crippen molar-refractivity contribution in [3.63, 3.8) is 0 Å². The Balaban J connectivity index is 2.42. The Labute approximate surface area is 120 Å². The first-order chi connectivity index (χ1) is 10.4. The monoisotopic (exact) mass is 309 g/mol. The van der Waals surface area contributed by atoms with Crippen molar-refractivity contribution in [1.82, 2.24) is 4.98 Å². The van der Waals surface area contributed by atoms with Gasteiger partial charge in [-0.05, 0) is 19.1 Å². The van der Waals surface area contributed by atoms with Gasteiger partial charge in [-0.2, -0.15) is 13.8 Å². The zero-order chi connectivity index (χ0) is 16.0. The summed E-state index contributed by atoms with van der Waals surface area (Å²) in [5.74, 6) is -7.17. The van der Waals surface area contributed by atoms with Crippen molar-refractivity contribution in [1.29, 1.82) is 0 Å². The Morgan fingerprint density at radius 3 is 2.32 bits per heavy atom. The fraction of sp³-hybridized carbons (Fsp3) is 0.0667. The number of hydrogen-bond acceptors (Lipinski definition) is 3. The molecule has 0 saturated heterocycles. The summed E-state index contributed by atoms with van der Waals surface area (Å²) in [5.41, 5.74) is -1.65. The second kappa shape index (κ2) is 4.94. The third kappa shape index (κ3) is 2.05. The van der Waals surface area contributed by atoms with E-state index in [9.17, 15) is 22.4 Å². The number of benzene rings is 1. The molecule has 0 aliphatic heterocycles. The van der Waals surface area contributed by atoms with E-state index in [-0.39, 0.29) is 11.0 Å². The number of nitrogens with zero attached hydrogens (tertiary/aromatic N) is 1. The molecule has 7 heteroatoms. The highest BCUT2D eigenvalue weighted by Gasteiger charge is 2.25. The number of aryl methyl sites for hydroxylation is 1. The van der Waals surface area contributed by atoms with Crippen molar-refractivity contribution in [3.8, 4) is 11.1 Å². The van der Waals surface area contributed by atoms with Gasteiger partial charge in [0.15, 0.2) is 11.6 Å². The largest absolute Gasteiger partial charge is 0.463 e. The lowest BCUT2D eigenvalue weighted by molar-refractivity contribution is 0.410. The van der Waals surface area contributed by atoms with Crippen molar-refractivity contribution in [2.45, 2.75) is 6.92 Å². The molecule has 3 aromatic rings. The van der Waals surface area contributed by atoms with Crippen LogP contribution in [0.25, 0.3) is 22.1 Å². The molecule has 0 unspecified atom stereocenters. The normalized spacial score (nSPS) is 11.1. The van der Waals surface area contributed by atoms with Crippen LogP contribution in [0.1, 0.15) is 5.56 Å². The van der Waals surface area contributed by atoms with Crippen LogP contribution < -0.4 is 5.43 Å². The van der Waals surface area contributed by atoms with Gasteiger partial charge in [0, 0.05) is 0 Å². The average molecular weight is 309 g/mol. The molecule has 0 N–H and O–H groups in total. The SMILES string of the molecule is Cc1ccc2occ(-c3c(F)c(F)nc(F)c3F)c(=O)c2c1. The minimum Gasteiger partial charge on any atom is -0.463 e. The molecular weight excluding hydrogens is 302 g/mol. The summed E-state index contributed by atoms with van der Waals surface area (Å²) in [6, 6.07) is 4.64. The number of aromatic nitrogens is 1. The molecule has 3 rings (SSSR count). The number of halogens is 4. The summed E-state index contributed by atoms with van der Waals surface area (Å²) in [7, 11) is 0. The van der Waals surface area contributed by atoms with Gasteiger partial charge in [-0.1, -0.05) is 11.6 Å². The van der Waals surface area contributed by atoms with Crippen LogP contribution >= 0.6 is 0 Å². The van der Waals surface area contributed by atoms with Crippen molar-refractivity contribution < 1.29 is 22.0 Å². The van der Waals surface area contributed by atoms with Gasteiger partial charge in [-0.15, -0.1) is 0 Å². The Morgan fingerprint density at radius 2 is 1.68 bits per heavy atom. The van der Waals surface area contributed by atoms with Crippen LogP contribution in [0.4, 0.5) is 17.6 Å². The Kier molecular flexibility index (Phi) is 3.20. The molecule has 0 fully saturated rings. The summed E-state index contributed by atoms with van der Waals surface area (Å²) in [5, 5.41) is 0.0499. The lowest BCUT2D eigenvalue weighted by Gasteiger charge is -2.06. The van der Waals surface area contributed by atoms with E-state index >= 15 is 0 Å². The fourth-order valence-electron chi connectivity index (χ4n) is 2.14. The first-order valence-electron chi connectivity index (χ1n) is 6.12. The maximum absolute atomic E-state index is 13.8. The van der Waals surface area contributed by atoms with Gasteiger partial charge in [0.2, 0.25) is 5.43 Å². The van der Waals surface area contributed by atoms with Crippen molar-refractivity contribution >= 4 is 11.0 Å². The van der Waals surface area contributed by atoms with Gasteiger partial charge < -0.3 is 4.42 Å². The molecule has 1 aromatic carbocycles. The highest BCUT2D eigenvalue weighted by Crippen LogP contribution is 2.27. The molecule has 0 saturated carbocycles. The molecule has 0 atom stereocenters. The number of hydrogen-bond donors (Lipinski definition) is 0. The summed E-state index contributed by atoms with van der Waals surface area (Å²) in [6.07, 6.45) is 0.764. The van der Waals surface area contributed by atoms with Gasteiger partial charge in [0.25, 0.3) is 11.9 Å². The van der Waals surface area contributed by atoms with Crippen LogP contribution in [0.2, 0.25) is 0 Å². The Hall–Kier alpha value is -2.70. The summed E-state index contributed by atoms with van der Waals surface area (Å²) < 4.78 is 59.0. The second-order valence-corrected chi connectivity index (χ2v) is 4.67. The zero-order valence-electron chi connectivity index (χ0n) is 11.1. The quantitative estimate of drug-likeness (QED) is 0.508. The van der Waals surface area contributed by atoms with Gasteiger partial charge in [0.05, 0.1) is 16.5 Å². The molecule has 112 valence electrons. The summed E-state index contributed by atoms with van der Waals surface area (Å²) >= 11 is 0. The van der Waals surface area contributed by atoms with Gasteiger partial charge in [-0.3, -0.25) is 4.79 Å². The highest BCUT2D eigenvalue weighted by molar-refractivity contribution is 5.82. The molecular formula is C15H7F4NO2. The van der Waals surface area contributed by atoms with Crippen LogP contribution in [0, 0.1) is 30.5 Å². The van der Waals surface area contributed by atoms with Crippen LogP contribution in [0.15, 0.2) is 33.7 Å². The third-order valence-electron chi connectivity index (χ3n) is 3.19. The van der Waals surface area contributed by atoms with Gasteiger partial charge in [-0.25, -0.2) is 8.78 Å². The van der Waals surface area contributed by atoms with Crippen LogP contribution in [-0.4, -0.2) is 4.98 Å². The van der Waals surface area contributed by atoms with E-state index in [1.54, 1.807) is 13.0 Å². The zero-order valence-corrected chi connectivity index (χ0v) is 11.1. The molecule has 0 bridgehead atoms. The molecule has 0 aliphatic carbocycles. The number of rotatable bonds is 1. The first-order valence-corrected chi connectivity index (χ1v) is 6.12. The third-order valence-corrected chi connectivity index (χ3v) is 3.19. The van der Waals surface area contributed by atoms with Crippen molar-refractivity contribution in [3.05, 3.63) is 63.8 Å². The molecule has 0 aliphatic rings. The second-order valence-electron chi connectivity index (χ2n) is 4.67. The lowest BCUT2D eigenvalue weighted by Crippen LogP contribution is -2.11. The lowest BCUT2D eigenvalue weighted by atomic mass is 10.0. The van der Waals surface area contributed by atoms with Crippen molar-refractivity contribution in [2.24, 2.45) is 0 Å². The molecule has 2 heterocycles. The topological polar surface area (TPSA) is 43.1 Å². The minimum atomic E-state index is -1.84. The van der Waals surface area contributed by atoms with E-state index in [0.717, 1.165) is 6.26 Å². The first kappa shape index (κ1) is 14.2. The summed E-state index contributed by atoms with van der Waals surface area (Å²) in [4.78, 5) is 14.8. The molecule has 0 radical (unpaired) electrons. The van der Waals surface area contributed by atoms with E-state index in [4.69, 9.17) is 4.42 Å². The smallest absolute Gasteiger partial charge is 0.252 e. The Bertz CT molecular complexity index is 940. The maximum atomic E-state index is 13.8. The number of pyridine rings is 1.